The Labute approximate surface area is 123 Å². The maximum Gasteiger partial charge on any atom is 0.237 e. The number of likely N-dealkylation sites (tertiary alicyclic amines) is 1. The molecule has 0 radical (unpaired) electrons. The lowest BCUT2D eigenvalue weighted by Crippen LogP contribution is -2.51. The van der Waals surface area contributed by atoms with E-state index in [4.69, 9.17) is 5.73 Å². The molecule has 0 spiro atoms. The molecule has 1 amide bonds. The third kappa shape index (κ3) is 5.04. The van der Waals surface area contributed by atoms with Crippen molar-refractivity contribution in [3.05, 3.63) is 0 Å². The van der Waals surface area contributed by atoms with Crippen molar-refractivity contribution in [3.63, 3.8) is 0 Å². The molecule has 0 aromatic rings. The summed E-state index contributed by atoms with van der Waals surface area (Å²) in [5.41, 5.74) is 4.87. The number of nitrogens with zero attached hydrogens (tertiary/aromatic N) is 2. The SMILES string of the molecule is CNC(C)(CCCCN(C)C1CCCN(C)C1)C(N)=O. The molecule has 2 atom stereocenters. The summed E-state index contributed by atoms with van der Waals surface area (Å²) in [4.78, 5) is 16.3. The van der Waals surface area contributed by atoms with E-state index in [9.17, 15) is 4.79 Å². The lowest BCUT2D eigenvalue weighted by molar-refractivity contribution is -0.123. The summed E-state index contributed by atoms with van der Waals surface area (Å²) in [7, 11) is 6.22. The predicted octanol–water partition coefficient (Wildman–Crippen LogP) is 0.646. The highest BCUT2D eigenvalue weighted by atomic mass is 16.1. The summed E-state index contributed by atoms with van der Waals surface area (Å²) in [6.45, 7) is 5.38. The minimum absolute atomic E-state index is 0.262. The van der Waals surface area contributed by atoms with Gasteiger partial charge in [-0.2, -0.15) is 0 Å². The fourth-order valence-electron chi connectivity index (χ4n) is 2.89. The highest BCUT2D eigenvalue weighted by Gasteiger charge is 2.28. The van der Waals surface area contributed by atoms with Gasteiger partial charge in [0.15, 0.2) is 0 Å². The van der Waals surface area contributed by atoms with E-state index in [-0.39, 0.29) is 5.91 Å². The van der Waals surface area contributed by atoms with Gasteiger partial charge in [-0.1, -0.05) is 0 Å². The molecule has 5 heteroatoms. The molecule has 1 aliphatic heterocycles. The first kappa shape index (κ1) is 17.4. The average molecular weight is 284 g/mol. The molecule has 0 aliphatic carbocycles. The first-order chi connectivity index (χ1) is 9.39. The molecule has 0 aromatic heterocycles. The third-order valence-electron chi connectivity index (χ3n) is 4.76. The van der Waals surface area contributed by atoms with E-state index in [0.717, 1.165) is 25.8 Å². The normalized spacial score (nSPS) is 23.8. The number of nitrogens with two attached hydrogens (primary N) is 1. The molecule has 2 unspecified atom stereocenters. The number of nitrogens with one attached hydrogen (secondary N) is 1. The molecular formula is C15H32N4O. The molecule has 1 fully saturated rings. The van der Waals surface area contributed by atoms with Gasteiger partial charge < -0.3 is 20.9 Å². The van der Waals surface area contributed by atoms with Crippen LogP contribution >= 0.6 is 0 Å². The predicted molar refractivity (Wildman–Crippen MR) is 83.7 cm³/mol. The number of rotatable bonds is 8. The van der Waals surface area contributed by atoms with Crippen molar-refractivity contribution in [1.29, 1.82) is 0 Å². The number of amides is 1. The van der Waals surface area contributed by atoms with Crippen molar-refractivity contribution in [2.75, 3.05) is 40.8 Å². The second kappa shape index (κ2) is 7.96. The smallest absolute Gasteiger partial charge is 0.237 e. The lowest BCUT2D eigenvalue weighted by Gasteiger charge is -2.36. The van der Waals surface area contributed by atoms with Crippen LogP contribution in [-0.4, -0.2) is 68.1 Å². The summed E-state index contributed by atoms with van der Waals surface area (Å²) < 4.78 is 0. The fourth-order valence-corrected chi connectivity index (χ4v) is 2.89. The fraction of sp³-hybridized carbons (Fsp3) is 0.933. The van der Waals surface area contributed by atoms with Gasteiger partial charge in [0, 0.05) is 12.6 Å². The zero-order chi connectivity index (χ0) is 15.2. The maximum atomic E-state index is 11.4. The van der Waals surface area contributed by atoms with Gasteiger partial charge in [-0.15, -0.1) is 0 Å². The minimum atomic E-state index is -0.566. The second-order valence-electron chi connectivity index (χ2n) is 6.44. The Hall–Kier alpha value is -0.650. The monoisotopic (exact) mass is 284 g/mol. The van der Waals surface area contributed by atoms with Gasteiger partial charge in [0.2, 0.25) is 5.91 Å². The molecule has 118 valence electrons. The first-order valence-corrected chi connectivity index (χ1v) is 7.76. The van der Waals surface area contributed by atoms with Crippen LogP contribution in [-0.2, 0) is 4.79 Å². The molecule has 5 nitrogen and oxygen atoms in total. The Morgan fingerprint density at radius 1 is 1.50 bits per heavy atom. The van der Waals surface area contributed by atoms with Crippen LogP contribution in [0, 0.1) is 0 Å². The van der Waals surface area contributed by atoms with E-state index in [1.165, 1.54) is 25.9 Å². The van der Waals surface area contributed by atoms with Gasteiger partial charge >= 0.3 is 0 Å². The Morgan fingerprint density at radius 2 is 2.20 bits per heavy atom. The number of carbonyl (C=O) groups excluding carboxylic acids is 1. The standard InChI is InChI=1S/C15H32N4O/c1-15(17-2,14(16)20)9-5-6-11-19(4)13-8-7-10-18(3)12-13/h13,17H,5-12H2,1-4H3,(H2,16,20). The highest BCUT2D eigenvalue weighted by Crippen LogP contribution is 2.16. The van der Waals surface area contributed by atoms with E-state index in [0.29, 0.717) is 6.04 Å². The Kier molecular flexibility index (Phi) is 6.92. The van der Waals surface area contributed by atoms with E-state index in [1.807, 2.05) is 6.92 Å². The molecule has 1 saturated heterocycles. The van der Waals surface area contributed by atoms with Crippen molar-refractivity contribution >= 4 is 5.91 Å². The summed E-state index contributed by atoms with van der Waals surface area (Å²) in [6, 6.07) is 0.681. The van der Waals surface area contributed by atoms with Crippen LogP contribution in [0.2, 0.25) is 0 Å². The van der Waals surface area contributed by atoms with E-state index in [2.05, 4.69) is 29.2 Å². The first-order valence-electron chi connectivity index (χ1n) is 7.76. The second-order valence-corrected chi connectivity index (χ2v) is 6.44. The van der Waals surface area contributed by atoms with Gasteiger partial charge in [-0.05, 0) is 73.3 Å². The number of likely N-dealkylation sites (N-methyl/N-ethyl adjacent to an activating group) is 3. The third-order valence-corrected chi connectivity index (χ3v) is 4.76. The van der Waals surface area contributed by atoms with Crippen molar-refractivity contribution in [1.82, 2.24) is 15.1 Å². The van der Waals surface area contributed by atoms with Crippen molar-refractivity contribution in [2.45, 2.75) is 50.6 Å². The molecule has 3 N–H and O–H groups in total. The topological polar surface area (TPSA) is 61.6 Å². The van der Waals surface area contributed by atoms with Gasteiger partial charge in [0.25, 0.3) is 0 Å². The minimum Gasteiger partial charge on any atom is -0.368 e. The van der Waals surface area contributed by atoms with E-state index in [1.54, 1.807) is 7.05 Å². The van der Waals surface area contributed by atoms with Crippen LogP contribution in [0.5, 0.6) is 0 Å². The molecule has 0 aromatic carbocycles. The molecule has 1 rings (SSSR count). The van der Waals surface area contributed by atoms with Crippen molar-refractivity contribution in [3.8, 4) is 0 Å². The van der Waals surface area contributed by atoms with Gasteiger partial charge in [-0.25, -0.2) is 0 Å². The largest absolute Gasteiger partial charge is 0.368 e. The number of hydrogen-bond acceptors (Lipinski definition) is 4. The zero-order valence-electron chi connectivity index (χ0n) is 13.6. The van der Waals surface area contributed by atoms with Gasteiger partial charge in [0.1, 0.15) is 0 Å². The molecular weight excluding hydrogens is 252 g/mol. The maximum absolute atomic E-state index is 11.4. The quantitative estimate of drug-likeness (QED) is 0.642. The van der Waals surface area contributed by atoms with Gasteiger partial charge in [-0.3, -0.25) is 4.79 Å². The Bertz CT molecular complexity index is 310. The molecule has 1 heterocycles. The van der Waals surface area contributed by atoms with Crippen LogP contribution in [0.15, 0.2) is 0 Å². The van der Waals surface area contributed by atoms with Crippen LogP contribution in [0.25, 0.3) is 0 Å². The number of primary amides is 1. The average Bonchev–Trinajstić information content (AvgIpc) is 2.42. The van der Waals surface area contributed by atoms with Crippen LogP contribution < -0.4 is 11.1 Å². The van der Waals surface area contributed by atoms with Crippen LogP contribution in [0.1, 0.15) is 39.0 Å². The molecule has 0 bridgehead atoms. The molecule has 1 aliphatic rings. The lowest BCUT2D eigenvalue weighted by atomic mass is 9.94. The summed E-state index contributed by atoms with van der Waals surface area (Å²) in [6.07, 6.45) is 5.53. The number of carbonyl (C=O) groups is 1. The van der Waals surface area contributed by atoms with Gasteiger partial charge in [0.05, 0.1) is 5.54 Å². The Morgan fingerprint density at radius 3 is 2.75 bits per heavy atom. The number of unbranched alkanes of at least 4 members (excludes halogenated alkanes) is 1. The molecule has 0 saturated carbocycles. The van der Waals surface area contributed by atoms with E-state index < -0.39 is 5.54 Å². The Balaban J connectivity index is 2.25. The highest BCUT2D eigenvalue weighted by molar-refractivity contribution is 5.84. The summed E-state index contributed by atoms with van der Waals surface area (Å²) in [5.74, 6) is -0.262. The zero-order valence-corrected chi connectivity index (χ0v) is 13.6. The number of piperidine rings is 1. The summed E-state index contributed by atoms with van der Waals surface area (Å²) >= 11 is 0. The van der Waals surface area contributed by atoms with Crippen LogP contribution in [0.3, 0.4) is 0 Å². The molecule has 20 heavy (non-hydrogen) atoms. The van der Waals surface area contributed by atoms with E-state index >= 15 is 0 Å². The number of hydrogen-bond donors (Lipinski definition) is 2. The summed E-state index contributed by atoms with van der Waals surface area (Å²) in [5, 5.41) is 3.04. The van der Waals surface area contributed by atoms with Crippen LogP contribution in [0.4, 0.5) is 0 Å². The van der Waals surface area contributed by atoms with Crippen molar-refractivity contribution in [2.24, 2.45) is 5.73 Å². The van der Waals surface area contributed by atoms with Crippen molar-refractivity contribution < 1.29 is 4.79 Å².